The molecule has 28 heavy (non-hydrogen) atoms. The lowest BCUT2D eigenvalue weighted by Crippen LogP contribution is -2.31. The van der Waals surface area contributed by atoms with E-state index >= 15 is 0 Å². The van der Waals surface area contributed by atoms with Gasteiger partial charge >= 0.3 is 0 Å². The van der Waals surface area contributed by atoms with E-state index in [1.165, 1.54) is 5.01 Å². The van der Waals surface area contributed by atoms with Crippen molar-refractivity contribution in [1.29, 1.82) is 5.26 Å². The summed E-state index contributed by atoms with van der Waals surface area (Å²) in [7, 11) is 0. The molecular weight excluding hydrogens is 354 g/mol. The van der Waals surface area contributed by atoms with Crippen LogP contribution in [-0.2, 0) is 6.54 Å². The second-order valence-corrected chi connectivity index (χ2v) is 5.97. The highest BCUT2D eigenvalue weighted by Crippen LogP contribution is 2.27. The van der Waals surface area contributed by atoms with E-state index in [1.807, 2.05) is 30.5 Å². The summed E-state index contributed by atoms with van der Waals surface area (Å²) in [5, 5.41) is 14.5. The van der Waals surface area contributed by atoms with E-state index in [4.69, 9.17) is 11.1 Å². The number of nitrogens with two attached hydrogens (primary N) is 1. The molecule has 4 heterocycles. The molecule has 0 saturated heterocycles. The fourth-order valence-corrected chi connectivity index (χ4v) is 2.77. The number of fused-ring (bicyclic) bond motifs is 1. The molecule has 0 unspecified atom stereocenters. The van der Waals surface area contributed by atoms with Gasteiger partial charge in [-0.25, -0.2) is 30.3 Å². The Balaban J connectivity index is 1.66. The summed E-state index contributed by atoms with van der Waals surface area (Å²) in [6.45, 7) is 3.94. The van der Waals surface area contributed by atoms with Gasteiger partial charge in [-0.05, 0) is 42.6 Å². The number of nitrogens with zero attached hydrogens (tertiary/aromatic N) is 8. The highest BCUT2D eigenvalue weighted by atomic mass is 15.4. The molecule has 0 spiro atoms. The van der Waals surface area contributed by atoms with Crippen LogP contribution in [0.15, 0.2) is 60.1 Å². The molecule has 0 aromatic carbocycles. The molecule has 0 saturated carbocycles. The molecule has 0 atom stereocenters. The summed E-state index contributed by atoms with van der Waals surface area (Å²) in [4.78, 5) is 16.9. The minimum atomic E-state index is 0.331. The molecule has 136 valence electrons. The first-order valence-electron chi connectivity index (χ1n) is 8.33. The van der Waals surface area contributed by atoms with Crippen LogP contribution in [0.4, 0.5) is 11.6 Å². The molecule has 9 heteroatoms. The number of aromatic nitrogens is 5. The molecule has 4 rings (SSSR count). The second-order valence-electron chi connectivity index (χ2n) is 5.97. The number of hydrogen-bond donors (Lipinski definition) is 1. The van der Waals surface area contributed by atoms with E-state index in [0.717, 1.165) is 16.6 Å². The highest BCUT2D eigenvalue weighted by Gasteiger charge is 2.14. The van der Waals surface area contributed by atoms with Gasteiger partial charge < -0.3 is 0 Å². The Bertz CT molecular complexity index is 1190. The van der Waals surface area contributed by atoms with Crippen LogP contribution in [0.3, 0.4) is 0 Å². The van der Waals surface area contributed by atoms with Gasteiger partial charge in [0, 0.05) is 24.2 Å². The number of hydrogen-bond acceptors (Lipinski definition) is 8. The van der Waals surface area contributed by atoms with Crippen LogP contribution in [0.2, 0.25) is 0 Å². The van der Waals surface area contributed by atoms with E-state index in [1.54, 1.807) is 35.2 Å². The van der Waals surface area contributed by atoms with Crippen LogP contribution in [-0.4, -0.2) is 31.3 Å². The fraction of sp³-hybridized carbons (Fsp3) is 0.0526. The molecule has 0 radical (unpaired) electrons. The van der Waals surface area contributed by atoms with Gasteiger partial charge in [0.1, 0.15) is 11.8 Å². The quantitative estimate of drug-likeness (QED) is 0.325. The average molecular weight is 369 g/mol. The summed E-state index contributed by atoms with van der Waals surface area (Å²) in [6, 6.07) is 11.2. The lowest BCUT2D eigenvalue weighted by Gasteiger charge is -2.19. The smallest absolute Gasteiger partial charge is 0.196 e. The van der Waals surface area contributed by atoms with Crippen molar-refractivity contribution >= 4 is 23.9 Å². The van der Waals surface area contributed by atoms with Gasteiger partial charge in [0.15, 0.2) is 11.6 Å². The first-order valence-corrected chi connectivity index (χ1v) is 8.33. The predicted octanol–water partition coefficient (Wildman–Crippen LogP) is 2.27. The number of hydrazine groups is 1. The SMILES string of the molecule is C=Nc1ncc(-c2ccc(C#N)nc2)nc1N(N)Cc1ccn2nccc2c1. The summed E-state index contributed by atoms with van der Waals surface area (Å²) >= 11 is 0. The predicted molar refractivity (Wildman–Crippen MR) is 105 cm³/mol. The Morgan fingerprint density at radius 2 is 2.11 bits per heavy atom. The van der Waals surface area contributed by atoms with Crippen molar-refractivity contribution < 1.29 is 0 Å². The number of nitriles is 1. The Morgan fingerprint density at radius 1 is 1.21 bits per heavy atom. The molecule has 4 aromatic rings. The first-order chi connectivity index (χ1) is 13.7. The van der Waals surface area contributed by atoms with E-state index in [0.29, 0.717) is 29.6 Å². The van der Waals surface area contributed by atoms with Crippen molar-refractivity contribution in [2.45, 2.75) is 6.54 Å². The molecule has 0 bridgehead atoms. The van der Waals surface area contributed by atoms with Gasteiger partial charge in [0.05, 0.1) is 24.0 Å². The minimum Gasteiger partial charge on any atom is -0.287 e. The molecule has 4 aromatic heterocycles. The maximum absolute atomic E-state index is 8.89. The van der Waals surface area contributed by atoms with Crippen LogP contribution in [0, 0.1) is 11.3 Å². The molecule has 0 aliphatic heterocycles. The van der Waals surface area contributed by atoms with Crippen molar-refractivity contribution in [1.82, 2.24) is 24.6 Å². The summed E-state index contributed by atoms with van der Waals surface area (Å²) in [6.07, 6.45) is 6.75. The number of pyridine rings is 2. The van der Waals surface area contributed by atoms with Gasteiger partial charge in [0.25, 0.3) is 0 Å². The van der Waals surface area contributed by atoms with E-state index < -0.39 is 0 Å². The lowest BCUT2D eigenvalue weighted by atomic mass is 10.2. The van der Waals surface area contributed by atoms with Crippen LogP contribution < -0.4 is 10.9 Å². The summed E-state index contributed by atoms with van der Waals surface area (Å²) in [5.41, 5.74) is 3.57. The van der Waals surface area contributed by atoms with Gasteiger partial charge in [-0.2, -0.15) is 10.4 Å². The molecule has 9 nitrogen and oxygen atoms in total. The molecule has 0 amide bonds. The van der Waals surface area contributed by atoms with Crippen molar-refractivity contribution in [3.05, 3.63) is 66.4 Å². The zero-order valence-electron chi connectivity index (χ0n) is 14.8. The monoisotopic (exact) mass is 369 g/mol. The molecule has 0 aliphatic carbocycles. The average Bonchev–Trinajstić information content (AvgIpc) is 3.21. The maximum Gasteiger partial charge on any atom is 0.196 e. The van der Waals surface area contributed by atoms with Crippen molar-refractivity contribution in [2.24, 2.45) is 10.8 Å². The number of aliphatic imine (C=N–C) groups is 1. The molecule has 2 N–H and O–H groups in total. The molecule has 0 fully saturated rings. The zero-order chi connectivity index (χ0) is 19.5. The number of anilines is 1. The van der Waals surface area contributed by atoms with Crippen LogP contribution in [0.25, 0.3) is 16.8 Å². The Morgan fingerprint density at radius 3 is 2.86 bits per heavy atom. The van der Waals surface area contributed by atoms with Crippen LogP contribution >= 0.6 is 0 Å². The highest BCUT2D eigenvalue weighted by molar-refractivity contribution is 5.66. The van der Waals surface area contributed by atoms with Crippen molar-refractivity contribution in [2.75, 3.05) is 5.01 Å². The van der Waals surface area contributed by atoms with Gasteiger partial charge in [-0.3, -0.25) is 5.01 Å². The van der Waals surface area contributed by atoms with Gasteiger partial charge in [0.2, 0.25) is 0 Å². The van der Waals surface area contributed by atoms with E-state index in [9.17, 15) is 0 Å². The zero-order valence-corrected chi connectivity index (χ0v) is 14.8. The van der Waals surface area contributed by atoms with Crippen molar-refractivity contribution in [3.63, 3.8) is 0 Å². The Hall–Kier alpha value is -4.16. The van der Waals surface area contributed by atoms with Gasteiger partial charge in [-0.1, -0.05) is 0 Å². The van der Waals surface area contributed by atoms with Crippen molar-refractivity contribution in [3.8, 4) is 17.3 Å². The second kappa shape index (κ2) is 7.22. The topological polar surface area (TPSA) is 121 Å². The Labute approximate surface area is 160 Å². The Kier molecular flexibility index (Phi) is 4.45. The van der Waals surface area contributed by atoms with Gasteiger partial charge in [-0.15, -0.1) is 0 Å². The fourth-order valence-electron chi connectivity index (χ4n) is 2.77. The largest absolute Gasteiger partial charge is 0.287 e. The standard InChI is InChI=1S/C19H15N9/c1-22-18-19(26-17(11-24-18)14-2-3-15(9-20)23-10-14)27(21)12-13-5-7-28-16(8-13)4-6-25-28/h2-8,10-11H,1,12,21H2. The normalized spacial score (nSPS) is 10.6. The summed E-state index contributed by atoms with van der Waals surface area (Å²) in [5.74, 6) is 7.00. The third-order valence-corrected chi connectivity index (χ3v) is 4.15. The maximum atomic E-state index is 8.89. The van der Waals surface area contributed by atoms with Crippen LogP contribution in [0.1, 0.15) is 11.3 Å². The number of rotatable bonds is 5. The minimum absolute atomic E-state index is 0.331. The lowest BCUT2D eigenvalue weighted by molar-refractivity contribution is 0.824. The van der Waals surface area contributed by atoms with E-state index in [2.05, 4.69) is 31.8 Å². The van der Waals surface area contributed by atoms with E-state index in [-0.39, 0.29) is 0 Å². The summed E-state index contributed by atoms with van der Waals surface area (Å²) < 4.78 is 1.78. The van der Waals surface area contributed by atoms with Crippen LogP contribution in [0.5, 0.6) is 0 Å². The first kappa shape index (κ1) is 17.3. The third-order valence-electron chi connectivity index (χ3n) is 4.15. The molecular formula is C19H15N9. The third kappa shape index (κ3) is 3.27. The molecule has 0 aliphatic rings.